The number of nitro benzene ring substituents is 1. The average Bonchev–Trinajstić information content (AvgIpc) is 3.01. The number of nitrogens with zero attached hydrogens (tertiary/aromatic N) is 2. The predicted octanol–water partition coefficient (Wildman–Crippen LogP) is 3.36. The molecule has 2 aromatic carbocycles. The van der Waals surface area contributed by atoms with Gasteiger partial charge < -0.3 is 15.2 Å². The molecule has 1 heterocycles. The van der Waals surface area contributed by atoms with Crippen molar-refractivity contribution in [1.82, 2.24) is 4.98 Å². The van der Waals surface area contributed by atoms with Crippen LogP contribution in [0.4, 0.5) is 10.8 Å². The van der Waals surface area contributed by atoms with Gasteiger partial charge >= 0.3 is 0 Å². The SMILES string of the molecule is COc1ccccc1[C@H](CO)Nc1nc2ccc([N+](=O)[O-])cc2s1. The first-order valence-corrected chi connectivity index (χ1v) is 7.99. The number of benzene rings is 2. The number of aliphatic hydroxyl groups is 1. The molecule has 1 aromatic heterocycles. The van der Waals surface area contributed by atoms with Gasteiger partial charge in [0.05, 0.1) is 34.9 Å². The monoisotopic (exact) mass is 345 g/mol. The molecule has 3 rings (SSSR count). The molecule has 0 aliphatic carbocycles. The molecule has 0 fully saturated rings. The number of nitro groups is 1. The molecule has 0 aliphatic heterocycles. The van der Waals surface area contributed by atoms with Gasteiger partial charge in [0.2, 0.25) is 0 Å². The molecule has 0 saturated heterocycles. The van der Waals surface area contributed by atoms with Gasteiger partial charge in [-0.15, -0.1) is 0 Å². The first kappa shape index (κ1) is 16.2. The first-order chi connectivity index (χ1) is 11.6. The van der Waals surface area contributed by atoms with E-state index in [0.717, 1.165) is 5.56 Å². The van der Waals surface area contributed by atoms with Crippen molar-refractivity contribution in [2.24, 2.45) is 0 Å². The number of ether oxygens (including phenoxy) is 1. The van der Waals surface area contributed by atoms with Crippen LogP contribution in [0, 0.1) is 10.1 Å². The highest BCUT2D eigenvalue weighted by Crippen LogP contribution is 2.33. The van der Waals surface area contributed by atoms with Crippen LogP contribution in [0.1, 0.15) is 11.6 Å². The minimum atomic E-state index is -0.433. The number of anilines is 1. The molecule has 0 unspecified atom stereocenters. The van der Waals surface area contributed by atoms with E-state index in [2.05, 4.69) is 10.3 Å². The van der Waals surface area contributed by atoms with Crippen molar-refractivity contribution in [3.8, 4) is 5.75 Å². The molecular weight excluding hydrogens is 330 g/mol. The number of rotatable bonds is 6. The van der Waals surface area contributed by atoms with E-state index in [4.69, 9.17) is 4.74 Å². The van der Waals surface area contributed by atoms with Crippen LogP contribution in [-0.4, -0.2) is 28.7 Å². The minimum absolute atomic E-state index is 0.0288. The number of aromatic nitrogens is 1. The molecule has 0 aliphatic rings. The fourth-order valence-electron chi connectivity index (χ4n) is 2.41. The van der Waals surface area contributed by atoms with Crippen LogP contribution in [0.2, 0.25) is 0 Å². The molecule has 3 aromatic rings. The minimum Gasteiger partial charge on any atom is -0.496 e. The van der Waals surface area contributed by atoms with Gasteiger partial charge in [-0.25, -0.2) is 4.98 Å². The fraction of sp³-hybridized carbons (Fsp3) is 0.188. The average molecular weight is 345 g/mol. The third kappa shape index (κ3) is 3.15. The molecule has 1 atom stereocenters. The van der Waals surface area contributed by atoms with Gasteiger partial charge in [0.15, 0.2) is 5.13 Å². The molecule has 7 nitrogen and oxygen atoms in total. The summed E-state index contributed by atoms with van der Waals surface area (Å²) in [5.41, 5.74) is 1.51. The zero-order valence-corrected chi connectivity index (χ0v) is 13.6. The second-order valence-electron chi connectivity index (χ2n) is 5.05. The molecule has 0 bridgehead atoms. The van der Waals surface area contributed by atoms with Crippen LogP contribution in [0.25, 0.3) is 10.2 Å². The standard InChI is InChI=1S/C16H15N3O4S/c1-23-14-5-3-2-4-11(14)13(9-20)18-16-17-12-7-6-10(19(21)22)8-15(12)24-16/h2-8,13,20H,9H2,1H3,(H,17,18)/t13-/m0/s1. The summed E-state index contributed by atoms with van der Waals surface area (Å²) in [4.78, 5) is 14.8. The van der Waals surface area contributed by atoms with Crippen LogP contribution in [0.5, 0.6) is 5.75 Å². The summed E-state index contributed by atoms with van der Waals surface area (Å²) in [6.07, 6.45) is 0. The topological polar surface area (TPSA) is 97.5 Å². The quantitative estimate of drug-likeness (QED) is 0.525. The van der Waals surface area contributed by atoms with Crippen LogP contribution in [0.3, 0.4) is 0 Å². The maximum absolute atomic E-state index is 10.9. The lowest BCUT2D eigenvalue weighted by atomic mass is 10.1. The Balaban J connectivity index is 1.91. The Bertz CT molecular complexity index is 881. The lowest BCUT2D eigenvalue weighted by Crippen LogP contribution is -2.15. The van der Waals surface area contributed by atoms with E-state index in [0.29, 0.717) is 21.1 Å². The van der Waals surface area contributed by atoms with E-state index < -0.39 is 11.0 Å². The molecule has 2 N–H and O–H groups in total. The number of hydrogen-bond acceptors (Lipinski definition) is 7. The van der Waals surface area contributed by atoms with Crippen LogP contribution in [-0.2, 0) is 0 Å². The summed E-state index contributed by atoms with van der Waals surface area (Å²) in [6, 6.07) is 11.6. The maximum atomic E-state index is 10.9. The van der Waals surface area contributed by atoms with Gasteiger partial charge in [-0.05, 0) is 12.1 Å². The third-order valence-corrected chi connectivity index (χ3v) is 4.53. The largest absolute Gasteiger partial charge is 0.496 e. The smallest absolute Gasteiger partial charge is 0.270 e. The van der Waals surface area contributed by atoms with E-state index >= 15 is 0 Å². The van der Waals surface area contributed by atoms with E-state index in [1.807, 2.05) is 24.3 Å². The molecule has 24 heavy (non-hydrogen) atoms. The molecule has 124 valence electrons. The van der Waals surface area contributed by atoms with Crippen molar-refractivity contribution in [3.63, 3.8) is 0 Å². The Labute approximate surface area is 141 Å². The van der Waals surface area contributed by atoms with Gasteiger partial charge in [0, 0.05) is 17.7 Å². The Morgan fingerprint density at radius 3 is 2.88 bits per heavy atom. The number of nitrogens with one attached hydrogen (secondary N) is 1. The van der Waals surface area contributed by atoms with Gasteiger partial charge in [0.1, 0.15) is 5.75 Å². The summed E-state index contributed by atoms with van der Waals surface area (Å²) in [5, 5.41) is 24.3. The van der Waals surface area contributed by atoms with Gasteiger partial charge in [-0.1, -0.05) is 29.5 Å². The Morgan fingerprint density at radius 2 is 2.17 bits per heavy atom. The summed E-state index contributed by atoms with van der Waals surface area (Å²) >= 11 is 1.30. The maximum Gasteiger partial charge on any atom is 0.270 e. The second kappa shape index (κ2) is 6.81. The van der Waals surface area contributed by atoms with Gasteiger partial charge in [-0.2, -0.15) is 0 Å². The van der Waals surface area contributed by atoms with Crippen molar-refractivity contribution < 1.29 is 14.8 Å². The fourth-order valence-corrected chi connectivity index (χ4v) is 3.37. The van der Waals surface area contributed by atoms with E-state index in [1.165, 1.54) is 23.5 Å². The summed E-state index contributed by atoms with van der Waals surface area (Å²) in [6.45, 7) is -0.142. The first-order valence-electron chi connectivity index (χ1n) is 7.17. The molecule has 0 amide bonds. The number of hydrogen-bond donors (Lipinski definition) is 2. The molecule has 0 saturated carbocycles. The Kier molecular flexibility index (Phi) is 4.59. The van der Waals surface area contributed by atoms with Crippen LogP contribution in [0.15, 0.2) is 42.5 Å². The number of methoxy groups -OCH3 is 1. The molecule has 0 spiro atoms. The zero-order valence-electron chi connectivity index (χ0n) is 12.8. The van der Waals surface area contributed by atoms with Gasteiger partial charge in [-0.3, -0.25) is 10.1 Å². The molecular formula is C16H15N3O4S. The highest BCUT2D eigenvalue weighted by Gasteiger charge is 2.17. The number of thiazole rings is 1. The normalized spacial score (nSPS) is 12.1. The van der Waals surface area contributed by atoms with E-state index in [9.17, 15) is 15.2 Å². The zero-order chi connectivity index (χ0) is 17.1. The summed E-state index contributed by atoms with van der Waals surface area (Å²) < 4.78 is 6.04. The summed E-state index contributed by atoms with van der Waals surface area (Å²) in [7, 11) is 1.57. The lowest BCUT2D eigenvalue weighted by molar-refractivity contribution is -0.384. The number of non-ortho nitro benzene ring substituents is 1. The highest BCUT2D eigenvalue weighted by molar-refractivity contribution is 7.22. The Morgan fingerprint density at radius 1 is 1.38 bits per heavy atom. The molecule has 0 radical (unpaired) electrons. The van der Waals surface area contributed by atoms with E-state index in [1.54, 1.807) is 13.2 Å². The van der Waals surface area contributed by atoms with Crippen molar-refractivity contribution in [3.05, 3.63) is 58.1 Å². The third-order valence-electron chi connectivity index (χ3n) is 3.58. The van der Waals surface area contributed by atoms with Gasteiger partial charge in [0.25, 0.3) is 5.69 Å². The van der Waals surface area contributed by atoms with E-state index in [-0.39, 0.29) is 12.3 Å². The highest BCUT2D eigenvalue weighted by atomic mass is 32.1. The van der Waals surface area contributed by atoms with Crippen molar-refractivity contribution in [2.75, 3.05) is 19.0 Å². The summed E-state index contributed by atoms with van der Waals surface area (Å²) in [5.74, 6) is 0.667. The van der Waals surface area contributed by atoms with Crippen molar-refractivity contribution in [2.45, 2.75) is 6.04 Å². The van der Waals surface area contributed by atoms with Crippen LogP contribution >= 0.6 is 11.3 Å². The molecule has 8 heteroatoms. The second-order valence-corrected chi connectivity index (χ2v) is 6.08. The predicted molar refractivity (Wildman–Crippen MR) is 92.7 cm³/mol. The number of fused-ring (bicyclic) bond motifs is 1. The lowest BCUT2D eigenvalue weighted by Gasteiger charge is -2.18. The van der Waals surface area contributed by atoms with Crippen molar-refractivity contribution in [1.29, 1.82) is 0 Å². The van der Waals surface area contributed by atoms with Crippen LogP contribution < -0.4 is 10.1 Å². The van der Waals surface area contributed by atoms with Crippen molar-refractivity contribution >= 4 is 32.4 Å². The number of para-hydroxylation sites is 1. The Hall–Kier alpha value is -2.71. The number of aliphatic hydroxyl groups excluding tert-OH is 1.